The molecule has 0 aliphatic carbocycles. The second-order valence-corrected chi connectivity index (χ2v) is 4.04. The first kappa shape index (κ1) is 12.3. The highest BCUT2D eigenvalue weighted by atomic mass is 35.5. The summed E-state index contributed by atoms with van der Waals surface area (Å²) in [4.78, 5) is 19.0. The number of carboxylic acid groups (broad SMARTS) is 1. The van der Waals surface area contributed by atoms with E-state index in [9.17, 15) is 4.79 Å². The van der Waals surface area contributed by atoms with Crippen LogP contribution in [0.5, 0.6) is 0 Å². The SMILES string of the molecule is Cc1ccncc1Nc1nc(Cl)ccc1C(=O)O. The lowest BCUT2D eigenvalue weighted by Gasteiger charge is -2.10. The normalized spacial score (nSPS) is 10.1. The van der Waals surface area contributed by atoms with Gasteiger partial charge in [-0.25, -0.2) is 9.78 Å². The van der Waals surface area contributed by atoms with E-state index in [1.165, 1.54) is 12.1 Å². The van der Waals surface area contributed by atoms with Crippen molar-refractivity contribution in [2.45, 2.75) is 6.92 Å². The molecule has 0 fully saturated rings. The van der Waals surface area contributed by atoms with Crippen LogP contribution in [0.15, 0.2) is 30.6 Å². The van der Waals surface area contributed by atoms with E-state index in [4.69, 9.17) is 16.7 Å². The molecule has 2 aromatic heterocycles. The minimum Gasteiger partial charge on any atom is -0.478 e. The zero-order valence-electron chi connectivity index (χ0n) is 9.51. The minimum absolute atomic E-state index is 0.0580. The number of hydrogen-bond donors (Lipinski definition) is 2. The summed E-state index contributed by atoms with van der Waals surface area (Å²) in [5.74, 6) is -0.866. The Morgan fingerprint density at radius 2 is 2.17 bits per heavy atom. The average Bonchev–Trinajstić information content (AvgIpc) is 2.32. The molecule has 0 bridgehead atoms. The van der Waals surface area contributed by atoms with Gasteiger partial charge >= 0.3 is 5.97 Å². The van der Waals surface area contributed by atoms with Crippen molar-refractivity contribution in [1.29, 1.82) is 0 Å². The number of aromatic carboxylic acids is 1. The van der Waals surface area contributed by atoms with E-state index in [2.05, 4.69) is 15.3 Å². The van der Waals surface area contributed by atoms with Crippen molar-refractivity contribution in [2.75, 3.05) is 5.32 Å². The summed E-state index contributed by atoms with van der Waals surface area (Å²) < 4.78 is 0. The Labute approximate surface area is 108 Å². The number of carboxylic acids is 1. The number of pyridine rings is 2. The van der Waals surface area contributed by atoms with Crippen molar-refractivity contribution in [3.05, 3.63) is 46.9 Å². The monoisotopic (exact) mass is 263 g/mol. The van der Waals surface area contributed by atoms with Crippen LogP contribution in [-0.4, -0.2) is 21.0 Å². The van der Waals surface area contributed by atoms with Crippen molar-refractivity contribution >= 4 is 29.1 Å². The Balaban J connectivity index is 2.42. The van der Waals surface area contributed by atoms with Gasteiger partial charge in [-0.2, -0.15) is 0 Å². The average molecular weight is 264 g/mol. The predicted octanol–water partition coefficient (Wildman–Crippen LogP) is 2.88. The molecule has 2 heterocycles. The molecule has 0 atom stereocenters. The topological polar surface area (TPSA) is 75.1 Å². The minimum atomic E-state index is -1.07. The maximum Gasteiger partial charge on any atom is 0.339 e. The van der Waals surface area contributed by atoms with Gasteiger partial charge in [0.05, 0.1) is 11.9 Å². The largest absolute Gasteiger partial charge is 0.478 e. The molecule has 18 heavy (non-hydrogen) atoms. The molecular formula is C12H10ClN3O2. The number of rotatable bonds is 3. The summed E-state index contributed by atoms with van der Waals surface area (Å²) in [6.07, 6.45) is 3.26. The van der Waals surface area contributed by atoms with E-state index in [1.807, 2.05) is 13.0 Å². The fraction of sp³-hybridized carbons (Fsp3) is 0.0833. The number of aryl methyl sites for hydroxylation is 1. The van der Waals surface area contributed by atoms with Crippen molar-refractivity contribution in [3.8, 4) is 0 Å². The highest BCUT2D eigenvalue weighted by Crippen LogP contribution is 2.22. The van der Waals surface area contributed by atoms with Gasteiger partial charge in [0.1, 0.15) is 16.5 Å². The number of nitrogens with zero attached hydrogens (tertiary/aromatic N) is 2. The third-order valence-corrected chi connectivity index (χ3v) is 2.59. The Morgan fingerprint density at radius 3 is 2.83 bits per heavy atom. The van der Waals surface area contributed by atoms with Crippen LogP contribution >= 0.6 is 11.6 Å². The van der Waals surface area contributed by atoms with Gasteiger partial charge in [0.2, 0.25) is 0 Å². The third kappa shape index (κ3) is 2.57. The summed E-state index contributed by atoms with van der Waals surface area (Å²) in [5.41, 5.74) is 1.68. The van der Waals surface area contributed by atoms with E-state index in [1.54, 1.807) is 12.4 Å². The zero-order valence-corrected chi connectivity index (χ0v) is 10.3. The molecule has 2 rings (SSSR count). The lowest BCUT2D eigenvalue weighted by molar-refractivity contribution is 0.0697. The smallest absolute Gasteiger partial charge is 0.339 e. The maximum absolute atomic E-state index is 11.1. The van der Waals surface area contributed by atoms with E-state index >= 15 is 0 Å². The first-order chi connectivity index (χ1) is 8.58. The van der Waals surface area contributed by atoms with Crippen LogP contribution in [0.3, 0.4) is 0 Å². The Bertz CT molecular complexity index is 602. The van der Waals surface area contributed by atoms with Crippen molar-refractivity contribution in [1.82, 2.24) is 9.97 Å². The lowest BCUT2D eigenvalue weighted by atomic mass is 10.2. The maximum atomic E-state index is 11.1. The Hall–Kier alpha value is -2.14. The van der Waals surface area contributed by atoms with E-state index in [0.29, 0.717) is 5.69 Å². The van der Waals surface area contributed by atoms with Crippen LogP contribution in [0.2, 0.25) is 5.15 Å². The van der Waals surface area contributed by atoms with Gasteiger partial charge in [-0.3, -0.25) is 4.98 Å². The van der Waals surface area contributed by atoms with Crippen LogP contribution in [-0.2, 0) is 0 Å². The standard InChI is InChI=1S/C12H10ClN3O2/c1-7-4-5-14-6-9(7)15-11-8(12(17)18)2-3-10(13)16-11/h2-6H,1H3,(H,15,16)(H,17,18). The van der Waals surface area contributed by atoms with Gasteiger partial charge in [0.15, 0.2) is 0 Å². The van der Waals surface area contributed by atoms with Crippen molar-refractivity contribution in [2.24, 2.45) is 0 Å². The molecule has 0 aromatic carbocycles. The first-order valence-corrected chi connectivity index (χ1v) is 5.53. The van der Waals surface area contributed by atoms with Gasteiger partial charge in [-0.1, -0.05) is 11.6 Å². The zero-order chi connectivity index (χ0) is 13.1. The summed E-state index contributed by atoms with van der Waals surface area (Å²) in [6.45, 7) is 1.88. The summed E-state index contributed by atoms with van der Waals surface area (Å²) in [5, 5.41) is 12.2. The molecule has 0 aliphatic rings. The van der Waals surface area contributed by atoms with Crippen LogP contribution in [0.1, 0.15) is 15.9 Å². The number of anilines is 2. The van der Waals surface area contributed by atoms with E-state index in [0.717, 1.165) is 5.56 Å². The molecule has 0 saturated carbocycles. The second-order valence-electron chi connectivity index (χ2n) is 3.65. The molecule has 0 aliphatic heterocycles. The molecule has 0 saturated heterocycles. The van der Waals surface area contributed by atoms with Gasteiger partial charge in [0.25, 0.3) is 0 Å². The number of aromatic nitrogens is 2. The fourth-order valence-corrected chi connectivity index (χ4v) is 1.57. The highest BCUT2D eigenvalue weighted by Gasteiger charge is 2.13. The van der Waals surface area contributed by atoms with Gasteiger partial charge in [-0.05, 0) is 30.7 Å². The summed E-state index contributed by atoms with van der Waals surface area (Å²) in [6, 6.07) is 4.66. The quantitative estimate of drug-likeness (QED) is 0.833. The number of halogens is 1. The molecule has 0 spiro atoms. The molecule has 0 amide bonds. The molecular weight excluding hydrogens is 254 g/mol. The lowest BCUT2D eigenvalue weighted by Crippen LogP contribution is -2.05. The number of carbonyl (C=O) groups is 1. The first-order valence-electron chi connectivity index (χ1n) is 5.15. The van der Waals surface area contributed by atoms with Gasteiger partial charge in [0, 0.05) is 6.20 Å². The molecule has 92 valence electrons. The van der Waals surface area contributed by atoms with E-state index < -0.39 is 5.97 Å². The summed E-state index contributed by atoms with van der Waals surface area (Å²) >= 11 is 5.77. The second kappa shape index (κ2) is 5.01. The third-order valence-electron chi connectivity index (χ3n) is 2.38. The Kier molecular flexibility index (Phi) is 3.43. The molecule has 6 heteroatoms. The van der Waals surface area contributed by atoms with Crippen LogP contribution < -0.4 is 5.32 Å². The molecule has 5 nitrogen and oxygen atoms in total. The fourth-order valence-electron chi connectivity index (χ4n) is 1.43. The Morgan fingerprint density at radius 1 is 1.39 bits per heavy atom. The van der Waals surface area contributed by atoms with Crippen LogP contribution in [0, 0.1) is 6.92 Å². The molecule has 0 unspecified atom stereocenters. The summed E-state index contributed by atoms with van der Waals surface area (Å²) in [7, 11) is 0. The van der Waals surface area contributed by atoms with Gasteiger partial charge < -0.3 is 10.4 Å². The molecule has 2 aromatic rings. The number of nitrogens with one attached hydrogen (secondary N) is 1. The molecule has 2 N–H and O–H groups in total. The highest BCUT2D eigenvalue weighted by molar-refractivity contribution is 6.29. The van der Waals surface area contributed by atoms with Crippen LogP contribution in [0.4, 0.5) is 11.5 Å². The van der Waals surface area contributed by atoms with Crippen LogP contribution in [0.25, 0.3) is 0 Å². The van der Waals surface area contributed by atoms with E-state index in [-0.39, 0.29) is 16.5 Å². The van der Waals surface area contributed by atoms with Crippen molar-refractivity contribution in [3.63, 3.8) is 0 Å². The predicted molar refractivity (Wildman–Crippen MR) is 68.5 cm³/mol. The number of hydrogen-bond acceptors (Lipinski definition) is 4. The van der Waals surface area contributed by atoms with Gasteiger partial charge in [-0.15, -0.1) is 0 Å². The van der Waals surface area contributed by atoms with Crippen molar-refractivity contribution < 1.29 is 9.90 Å². The molecule has 0 radical (unpaired) electrons.